The summed E-state index contributed by atoms with van der Waals surface area (Å²) in [6, 6.07) is 6.01. The molecule has 2 aliphatic heterocycles. The molecule has 0 saturated carbocycles. The lowest BCUT2D eigenvalue weighted by Gasteiger charge is -2.36. The number of piperidine rings is 1. The van der Waals surface area contributed by atoms with Crippen molar-refractivity contribution >= 4 is 17.3 Å². The van der Waals surface area contributed by atoms with Crippen LogP contribution >= 0.6 is 12.2 Å². The Morgan fingerprint density at radius 3 is 2.71 bits per heavy atom. The predicted molar refractivity (Wildman–Crippen MR) is 86.5 cm³/mol. The number of rotatable bonds is 2. The first-order chi connectivity index (χ1) is 10.1. The van der Waals surface area contributed by atoms with Gasteiger partial charge in [0.15, 0.2) is 16.6 Å². The molecule has 0 amide bonds. The molecule has 1 N–H and O–H groups in total. The highest BCUT2D eigenvalue weighted by atomic mass is 32.1. The van der Waals surface area contributed by atoms with Gasteiger partial charge in [0.25, 0.3) is 0 Å². The number of fused-ring (bicyclic) bond motifs is 1. The summed E-state index contributed by atoms with van der Waals surface area (Å²) in [6.45, 7) is 7.73. The summed E-state index contributed by atoms with van der Waals surface area (Å²) in [5.41, 5.74) is 1.15. The molecule has 3 rings (SSSR count). The zero-order chi connectivity index (χ0) is 14.8. The van der Waals surface area contributed by atoms with E-state index in [0.717, 1.165) is 35.3 Å². The fraction of sp³-hybridized carbons (Fsp3) is 0.562. The average Bonchev–Trinajstić information content (AvgIpc) is 2.91. The van der Waals surface area contributed by atoms with Crippen LogP contribution in [0.3, 0.4) is 0 Å². The van der Waals surface area contributed by atoms with Crippen molar-refractivity contribution < 1.29 is 9.47 Å². The van der Waals surface area contributed by atoms with Gasteiger partial charge < -0.3 is 19.7 Å². The van der Waals surface area contributed by atoms with E-state index < -0.39 is 0 Å². The van der Waals surface area contributed by atoms with E-state index in [1.807, 2.05) is 18.2 Å². The number of hydrogen-bond donors (Lipinski definition) is 1. The first-order valence-corrected chi connectivity index (χ1v) is 7.94. The molecule has 4 nitrogen and oxygen atoms in total. The molecule has 1 aromatic rings. The Hall–Kier alpha value is -1.49. The molecular weight excluding hydrogens is 284 g/mol. The fourth-order valence-electron chi connectivity index (χ4n) is 3.17. The Morgan fingerprint density at radius 1 is 1.24 bits per heavy atom. The molecule has 1 fully saturated rings. The van der Waals surface area contributed by atoms with Crippen LogP contribution in [-0.4, -0.2) is 29.9 Å². The van der Waals surface area contributed by atoms with Crippen molar-refractivity contribution in [2.75, 3.05) is 19.9 Å². The summed E-state index contributed by atoms with van der Waals surface area (Å²) < 4.78 is 10.7. The maximum absolute atomic E-state index is 5.54. The highest BCUT2D eigenvalue weighted by molar-refractivity contribution is 7.80. The molecule has 2 heterocycles. The van der Waals surface area contributed by atoms with E-state index in [9.17, 15) is 0 Å². The van der Waals surface area contributed by atoms with Crippen LogP contribution in [0.5, 0.6) is 11.5 Å². The summed E-state index contributed by atoms with van der Waals surface area (Å²) in [6.07, 6.45) is 1.29. The van der Waals surface area contributed by atoms with E-state index in [4.69, 9.17) is 21.7 Å². The van der Waals surface area contributed by atoms with E-state index in [0.29, 0.717) is 25.2 Å². The lowest BCUT2D eigenvalue weighted by atomic mass is 9.92. The van der Waals surface area contributed by atoms with Crippen LogP contribution < -0.4 is 14.8 Å². The lowest BCUT2D eigenvalue weighted by Crippen LogP contribution is -2.47. The molecule has 1 saturated heterocycles. The lowest BCUT2D eigenvalue weighted by molar-refractivity contribution is 0.174. The van der Waals surface area contributed by atoms with Crippen LogP contribution in [0.1, 0.15) is 25.8 Å². The third-order valence-electron chi connectivity index (χ3n) is 4.04. The fourth-order valence-corrected chi connectivity index (χ4v) is 3.39. The summed E-state index contributed by atoms with van der Waals surface area (Å²) in [5.74, 6) is 3.05. The van der Waals surface area contributed by atoms with E-state index >= 15 is 0 Å². The monoisotopic (exact) mass is 306 g/mol. The molecule has 0 aliphatic carbocycles. The second-order valence-corrected chi connectivity index (χ2v) is 6.58. The first kappa shape index (κ1) is 14.4. The van der Waals surface area contributed by atoms with Crippen LogP contribution in [0.2, 0.25) is 0 Å². The highest BCUT2D eigenvalue weighted by Crippen LogP contribution is 2.32. The number of hydrogen-bond acceptors (Lipinski definition) is 3. The maximum Gasteiger partial charge on any atom is 0.231 e. The van der Waals surface area contributed by atoms with Gasteiger partial charge in [-0.2, -0.15) is 0 Å². The van der Waals surface area contributed by atoms with Crippen LogP contribution in [-0.2, 0) is 6.54 Å². The third-order valence-corrected chi connectivity index (χ3v) is 4.44. The number of thiocarbonyl (C=S) groups is 1. The topological polar surface area (TPSA) is 33.7 Å². The Morgan fingerprint density at radius 2 is 1.95 bits per heavy atom. The quantitative estimate of drug-likeness (QED) is 0.850. The van der Waals surface area contributed by atoms with Crippen LogP contribution in [0.4, 0.5) is 0 Å². The molecule has 1 aromatic carbocycles. The number of nitrogens with one attached hydrogen (secondary N) is 1. The molecule has 21 heavy (non-hydrogen) atoms. The minimum atomic E-state index is 0.314. The van der Waals surface area contributed by atoms with Crippen molar-refractivity contribution in [2.24, 2.45) is 11.8 Å². The molecule has 0 bridgehead atoms. The highest BCUT2D eigenvalue weighted by Gasteiger charge is 2.23. The van der Waals surface area contributed by atoms with Gasteiger partial charge in [-0.15, -0.1) is 0 Å². The van der Waals surface area contributed by atoms with Gasteiger partial charge in [0, 0.05) is 19.6 Å². The van der Waals surface area contributed by atoms with Gasteiger partial charge in [-0.05, 0) is 48.2 Å². The third kappa shape index (κ3) is 3.40. The van der Waals surface area contributed by atoms with Gasteiger partial charge in [0.2, 0.25) is 6.79 Å². The van der Waals surface area contributed by atoms with Crippen molar-refractivity contribution in [1.29, 1.82) is 0 Å². The van der Waals surface area contributed by atoms with E-state index in [-0.39, 0.29) is 0 Å². The van der Waals surface area contributed by atoms with Gasteiger partial charge in [0.1, 0.15) is 0 Å². The second-order valence-electron chi connectivity index (χ2n) is 6.20. The van der Waals surface area contributed by atoms with Gasteiger partial charge in [-0.3, -0.25) is 0 Å². The molecule has 114 valence electrons. The van der Waals surface area contributed by atoms with Crippen LogP contribution in [0.25, 0.3) is 0 Å². The van der Waals surface area contributed by atoms with Gasteiger partial charge in [-0.1, -0.05) is 19.9 Å². The molecule has 5 heteroatoms. The summed E-state index contributed by atoms with van der Waals surface area (Å²) in [5, 5.41) is 4.21. The Balaban J connectivity index is 1.56. The summed E-state index contributed by atoms with van der Waals surface area (Å²) in [7, 11) is 0. The minimum absolute atomic E-state index is 0.314. The standard InChI is InChI=1S/C16H22N2O2S/c1-11-5-12(2)9-18(8-11)16(21)17-7-13-3-4-14-15(6-13)20-10-19-14/h3-4,6,11-12H,5,7-10H2,1-2H3,(H,17,21)/t11-,12-/m1/s1. The SMILES string of the molecule is C[C@@H]1C[C@@H](C)CN(C(=S)NCc2ccc3c(c2)OCO3)C1. The average molecular weight is 306 g/mol. The molecule has 2 atom stereocenters. The van der Waals surface area contributed by atoms with Crippen molar-refractivity contribution in [3.63, 3.8) is 0 Å². The largest absolute Gasteiger partial charge is 0.454 e. The second kappa shape index (κ2) is 6.10. The van der Waals surface area contributed by atoms with E-state index in [2.05, 4.69) is 24.1 Å². The predicted octanol–water partition coefficient (Wildman–Crippen LogP) is 2.77. The van der Waals surface area contributed by atoms with Gasteiger partial charge >= 0.3 is 0 Å². The Bertz CT molecular complexity index is 525. The number of ether oxygens (including phenoxy) is 2. The van der Waals surface area contributed by atoms with Crippen molar-refractivity contribution in [2.45, 2.75) is 26.8 Å². The van der Waals surface area contributed by atoms with E-state index in [1.165, 1.54) is 6.42 Å². The van der Waals surface area contributed by atoms with Crippen LogP contribution in [0.15, 0.2) is 18.2 Å². The van der Waals surface area contributed by atoms with Crippen molar-refractivity contribution in [1.82, 2.24) is 10.2 Å². The molecule has 2 aliphatic rings. The van der Waals surface area contributed by atoms with Gasteiger partial charge in [-0.25, -0.2) is 0 Å². The molecular formula is C16H22N2O2S. The summed E-state index contributed by atoms with van der Waals surface area (Å²) >= 11 is 5.54. The number of benzene rings is 1. The zero-order valence-electron chi connectivity index (χ0n) is 12.6. The van der Waals surface area contributed by atoms with Crippen molar-refractivity contribution in [3.05, 3.63) is 23.8 Å². The van der Waals surface area contributed by atoms with Gasteiger partial charge in [0.05, 0.1) is 0 Å². The molecule has 0 aromatic heterocycles. The summed E-state index contributed by atoms with van der Waals surface area (Å²) in [4.78, 5) is 2.29. The Labute approximate surface area is 131 Å². The Kier molecular flexibility index (Phi) is 4.19. The number of nitrogens with zero attached hydrogens (tertiary/aromatic N) is 1. The normalized spacial score (nSPS) is 24.0. The molecule has 0 spiro atoms. The van der Waals surface area contributed by atoms with Crippen molar-refractivity contribution in [3.8, 4) is 11.5 Å². The first-order valence-electron chi connectivity index (χ1n) is 7.53. The van der Waals surface area contributed by atoms with Crippen LogP contribution in [0, 0.1) is 11.8 Å². The smallest absolute Gasteiger partial charge is 0.231 e. The van der Waals surface area contributed by atoms with E-state index in [1.54, 1.807) is 0 Å². The number of likely N-dealkylation sites (tertiary alicyclic amines) is 1. The zero-order valence-corrected chi connectivity index (χ0v) is 13.4. The maximum atomic E-state index is 5.54. The minimum Gasteiger partial charge on any atom is -0.454 e. The molecule has 0 radical (unpaired) electrons. The molecule has 0 unspecified atom stereocenters.